The third-order valence-electron chi connectivity index (χ3n) is 1.46. The summed E-state index contributed by atoms with van der Waals surface area (Å²) in [6, 6.07) is 0. The Balaban J connectivity index is 3.71. The van der Waals surface area contributed by atoms with E-state index in [-0.39, 0.29) is 0 Å². The van der Waals surface area contributed by atoms with Crippen LogP contribution in [0, 0.1) is 11.8 Å². The van der Waals surface area contributed by atoms with Crippen molar-refractivity contribution in [3.8, 4) is 11.8 Å². The second-order valence-electron chi connectivity index (χ2n) is 2.78. The maximum absolute atomic E-state index is 12.1. The van der Waals surface area contributed by atoms with Crippen molar-refractivity contribution in [3.63, 3.8) is 0 Å². The van der Waals surface area contributed by atoms with E-state index < -0.39 is 10.9 Å². The van der Waals surface area contributed by atoms with E-state index in [1.807, 2.05) is 6.92 Å². The van der Waals surface area contributed by atoms with Gasteiger partial charge in [-0.3, -0.25) is 0 Å². The van der Waals surface area contributed by atoms with Gasteiger partial charge in [0.05, 0.1) is 0 Å². The van der Waals surface area contributed by atoms with Gasteiger partial charge >= 0.3 is 4.83 Å². The smallest absolute Gasteiger partial charge is 0.363 e. The second-order valence-corrected chi connectivity index (χ2v) is 3.77. The first-order valence-electron chi connectivity index (χ1n) is 4.23. The summed E-state index contributed by atoms with van der Waals surface area (Å²) in [6.45, 7) is 2.03. The number of alkyl halides is 3. The molecular weight excluding hydrogens is 242 g/mol. The molecule has 0 aromatic heterocycles. The van der Waals surface area contributed by atoms with Gasteiger partial charge in [-0.15, -0.1) is 0 Å². The minimum Gasteiger partial charge on any atom is -0.380 e. The number of hydrogen-bond acceptors (Lipinski definition) is 1. The van der Waals surface area contributed by atoms with Gasteiger partial charge in [0.2, 0.25) is 0 Å². The summed E-state index contributed by atoms with van der Waals surface area (Å²) in [7, 11) is 0. The summed E-state index contributed by atoms with van der Waals surface area (Å²) < 4.78 is 24.2. The van der Waals surface area contributed by atoms with Crippen LogP contribution in [0.2, 0.25) is 0 Å². The molecule has 0 aromatic carbocycles. The van der Waals surface area contributed by atoms with Crippen molar-refractivity contribution >= 4 is 15.9 Å². The SMILES string of the molecule is CCCCC[C@H](O)C#CC(F)(F)Br. The van der Waals surface area contributed by atoms with Crippen LogP contribution < -0.4 is 0 Å². The maximum atomic E-state index is 12.1. The first-order chi connectivity index (χ1) is 5.95. The van der Waals surface area contributed by atoms with Crippen LogP contribution in [0.4, 0.5) is 8.78 Å². The lowest BCUT2D eigenvalue weighted by Gasteiger charge is -2.02. The Bertz CT molecular complexity index is 190. The molecule has 0 spiro atoms. The molecule has 4 heteroatoms. The molecule has 13 heavy (non-hydrogen) atoms. The quantitative estimate of drug-likeness (QED) is 0.465. The molecule has 0 fully saturated rings. The predicted molar refractivity (Wildman–Crippen MR) is 51.8 cm³/mol. The van der Waals surface area contributed by atoms with Crippen molar-refractivity contribution in [2.75, 3.05) is 0 Å². The molecule has 0 bridgehead atoms. The number of aliphatic hydroxyl groups is 1. The Morgan fingerprint density at radius 1 is 1.46 bits per heavy atom. The summed E-state index contributed by atoms with van der Waals surface area (Å²) in [4.78, 5) is -3.18. The number of rotatable bonds is 4. The number of unbranched alkanes of at least 4 members (excludes halogenated alkanes) is 2. The lowest BCUT2D eigenvalue weighted by atomic mass is 10.1. The first kappa shape index (κ1) is 12.9. The average molecular weight is 255 g/mol. The molecule has 0 amide bonds. The van der Waals surface area contributed by atoms with Crippen molar-refractivity contribution < 1.29 is 13.9 Å². The van der Waals surface area contributed by atoms with Crippen molar-refractivity contribution in [1.82, 2.24) is 0 Å². The standard InChI is InChI=1S/C9H13BrF2O/c1-2-3-4-5-8(13)6-7-9(10,11)12/h8,13H,2-5H2,1H3/t8-/m0/s1. The molecule has 0 aliphatic heterocycles. The van der Waals surface area contributed by atoms with E-state index in [9.17, 15) is 8.78 Å². The molecule has 1 nitrogen and oxygen atoms in total. The fourth-order valence-corrected chi connectivity index (χ4v) is 0.939. The van der Waals surface area contributed by atoms with Gasteiger partial charge in [-0.1, -0.05) is 25.7 Å². The minimum absolute atomic E-state index is 0.462. The molecule has 0 saturated carbocycles. The van der Waals surface area contributed by atoms with E-state index in [4.69, 9.17) is 5.11 Å². The Kier molecular flexibility index (Phi) is 6.27. The Morgan fingerprint density at radius 2 is 2.08 bits per heavy atom. The van der Waals surface area contributed by atoms with Crippen molar-refractivity contribution in [2.45, 2.75) is 43.5 Å². The number of halogens is 3. The molecule has 1 atom stereocenters. The third kappa shape index (κ3) is 9.78. The van der Waals surface area contributed by atoms with Gasteiger partial charge < -0.3 is 5.11 Å². The van der Waals surface area contributed by atoms with Gasteiger partial charge in [-0.05, 0) is 18.8 Å². The van der Waals surface area contributed by atoms with Crippen molar-refractivity contribution in [2.24, 2.45) is 0 Å². The molecular formula is C9H13BrF2O. The molecule has 76 valence electrons. The fourth-order valence-electron chi connectivity index (χ4n) is 0.825. The van der Waals surface area contributed by atoms with Crippen LogP contribution in [0.3, 0.4) is 0 Å². The van der Waals surface area contributed by atoms with Crippen molar-refractivity contribution in [1.29, 1.82) is 0 Å². The maximum Gasteiger partial charge on any atom is 0.363 e. The van der Waals surface area contributed by atoms with Crippen LogP contribution in [0.25, 0.3) is 0 Å². The van der Waals surface area contributed by atoms with Gasteiger partial charge in [0.1, 0.15) is 6.10 Å². The summed E-state index contributed by atoms with van der Waals surface area (Å²) in [5.41, 5.74) is 0. The van der Waals surface area contributed by atoms with Crippen LogP contribution in [-0.2, 0) is 0 Å². The van der Waals surface area contributed by atoms with Gasteiger partial charge in [0, 0.05) is 15.9 Å². The Morgan fingerprint density at radius 3 is 2.54 bits per heavy atom. The fraction of sp³-hybridized carbons (Fsp3) is 0.778. The third-order valence-corrected chi connectivity index (χ3v) is 1.66. The van der Waals surface area contributed by atoms with E-state index in [0.717, 1.165) is 19.3 Å². The van der Waals surface area contributed by atoms with Crippen LogP contribution in [0.1, 0.15) is 32.6 Å². The van der Waals surface area contributed by atoms with E-state index in [1.54, 1.807) is 5.92 Å². The van der Waals surface area contributed by atoms with E-state index >= 15 is 0 Å². The van der Waals surface area contributed by atoms with E-state index in [2.05, 4.69) is 21.9 Å². The monoisotopic (exact) mass is 254 g/mol. The van der Waals surface area contributed by atoms with Crippen LogP contribution in [-0.4, -0.2) is 16.0 Å². The molecule has 0 aliphatic carbocycles. The van der Waals surface area contributed by atoms with Gasteiger partial charge in [0.25, 0.3) is 0 Å². The van der Waals surface area contributed by atoms with Crippen LogP contribution >= 0.6 is 15.9 Å². The number of aliphatic hydroxyl groups excluding tert-OH is 1. The molecule has 0 aliphatic rings. The second kappa shape index (κ2) is 6.33. The lowest BCUT2D eigenvalue weighted by molar-refractivity contribution is 0.179. The first-order valence-corrected chi connectivity index (χ1v) is 5.02. The van der Waals surface area contributed by atoms with Crippen LogP contribution in [0.15, 0.2) is 0 Å². The zero-order valence-corrected chi connectivity index (χ0v) is 9.07. The summed E-state index contributed by atoms with van der Waals surface area (Å²) in [5, 5.41) is 9.11. The van der Waals surface area contributed by atoms with Crippen molar-refractivity contribution in [3.05, 3.63) is 0 Å². The molecule has 0 unspecified atom stereocenters. The highest BCUT2D eigenvalue weighted by molar-refractivity contribution is 9.10. The molecule has 0 radical (unpaired) electrons. The summed E-state index contributed by atoms with van der Waals surface area (Å²) >= 11 is 2.07. The highest BCUT2D eigenvalue weighted by atomic mass is 79.9. The molecule has 0 heterocycles. The highest BCUT2D eigenvalue weighted by Gasteiger charge is 2.19. The normalized spacial score (nSPS) is 13.3. The lowest BCUT2D eigenvalue weighted by Crippen LogP contribution is -2.06. The van der Waals surface area contributed by atoms with Gasteiger partial charge in [0.15, 0.2) is 0 Å². The summed E-state index contributed by atoms with van der Waals surface area (Å²) in [6.07, 6.45) is 2.37. The predicted octanol–water partition coefficient (Wildman–Crippen LogP) is 2.92. The highest BCUT2D eigenvalue weighted by Crippen LogP contribution is 2.19. The minimum atomic E-state index is -3.18. The van der Waals surface area contributed by atoms with Gasteiger partial charge in [-0.25, -0.2) is 0 Å². The van der Waals surface area contributed by atoms with E-state index in [0.29, 0.717) is 6.42 Å². The Hall–Kier alpha value is -0.140. The molecule has 0 rings (SSSR count). The molecule has 0 aromatic rings. The zero-order chi connectivity index (χ0) is 10.3. The van der Waals surface area contributed by atoms with Gasteiger partial charge in [-0.2, -0.15) is 8.78 Å². The van der Waals surface area contributed by atoms with E-state index in [1.165, 1.54) is 0 Å². The summed E-state index contributed by atoms with van der Waals surface area (Å²) in [5.74, 6) is 3.72. The van der Waals surface area contributed by atoms with Crippen LogP contribution in [0.5, 0.6) is 0 Å². The molecule has 0 saturated heterocycles. The largest absolute Gasteiger partial charge is 0.380 e. The Labute approximate surface area is 85.7 Å². The zero-order valence-electron chi connectivity index (χ0n) is 7.49. The average Bonchev–Trinajstić information content (AvgIpc) is 2.00. The topological polar surface area (TPSA) is 20.2 Å². The number of hydrogen-bond donors (Lipinski definition) is 1. The molecule has 1 N–H and O–H groups in total.